The maximum Gasteiger partial charge on any atom is 0.143 e. The van der Waals surface area contributed by atoms with Gasteiger partial charge in [-0.15, -0.1) is 0 Å². The summed E-state index contributed by atoms with van der Waals surface area (Å²) in [4.78, 5) is 0. The van der Waals surface area contributed by atoms with Gasteiger partial charge in [0.1, 0.15) is 11.2 Å². The highest BCUT2D eigenvalue weighted by Crippen LogP contribution is 2.50. The number of benzene rings is 10. The first kappa shape index (κ1) is 29.7. The standard InChI is InChI=1S/C52H32O/c1-3-15-33(16-4-1)37-29-31-44(43-28-27-35-19-7-8-20-36(35)48(37)43)49-39-21-9-11-23-41(39)50(42-24-12-10-22-40(42)49)46-32-30-38(34-17-5-2-6-18-34)52-51(46)45-25-13-14-26-47(45)53-52/h1-32H. The average molecular weight is 673 g/mol. The highest BCUT2D eigenvalue weighted by Gasteiger charge is 2.23. The van der Waals surface area contributed by atoms with Crippen LogP contribution in [0.1, 0.15) is 0 Å². The summed E-state index contributed by atoms with van der Waals surface area (Å²) in [7, 11) is 0. The molecular formula is C52H32O. The second kappa shape index (κ2) is 11.8. The molecule has 0 N–H and O–H groups in total. The lowest BCUT2D eigenvalue weighted by atomic mass is 9.82. The summed E-state index contributed by atoms with van der Waals surface area (Å²) in [6.07, 6.45) is 0. The van der Waals surface area contributed by atoms with Crippen LogP contribution < -0.4 is 0 Å². The van der Waals surface area contributed by atoms with Crippen LogP contribution >= 0.6 is 0 Å². The van der Waals surface area contributed by atoms with Crippen LogP contribution in [0, 0.1) is 0 Å². The minimum Gasteiger partial charge on any atom is -0.455 e. The van der Waals surface area contributed by atoms with Gasteiger partial charge in [0.15, 0.2) is 0 Å². The third kappa shape index (κ3) is 4.51. The van der Waals surface area contributed by atoms with E-state index in [0.29, 0.717) is 0 Å². The molecule has 1 heteroatoms. The summed E-state index contributed by atoms with van der Waals surface area (Å²) in [5.74, 6) is 0. The number of hydrogen-bond acceptors (Lipinski definition) is 1. The number of para-hydroxylation sites is 1. The van der Waals surface area contributed by atoms with E-state index < -0.39 is 0 Å². The van der Waals surface area contributed by atoms with Crippen molar-refractivity contribution in [3.05, 3.63) is 194 Å². The van der Waals surface area contributed by atoms with Crippen molar-refractivity contribution in [1.29, 1.82) is 0 Å². The molecule has 1 heterocycles. The number of rotatable bonds is 4. The lowest BCUT2D eigenvalue weighted by molar-refractivity contribution is 0.670. The van der Waals surface area contributed by atoms with Gasteiger partial charge in [-0.05, 0) is 94.2 Å². The molecule has 53 heavy (non-hydrogen) atoms. The van der Waals surface area contributed by atoms with E-state index in [1.54, 1.807) is 0 Å². The molecule has 0 atom stereocenters. The van der Waals surface area contributed by atoms with Gasteiger partial charge in [0.2, 0.25) is 0 Å². The molecular weight excluding hydrogens is 641 g/mol. The maximum atomic E-state index is 6.75. The van der Waals surface area contributed by atoms with Crippen LogP contribution in [0.4, 0.5) is 0 Å². The van der Waals surface area contributed by atoms with Crippen molar-refractivity contribution in [1.82, 2.24) is 0 Å². The molecule has 246 valence electrons. The SMILES string of the molecule is c1ccc(-c2ccc(-c3c4ccccc4c(-c4ccc(-c5ccccc5)c5c4ccc4ccccc45)c4ccccc34)c3c2oc2ccccc23)cc1. The third-order valence-electron chi connectivity index (χ3n) is 11.1. The highest BCUT2D eigenvalue weighted by atomic mass is 16.3. The Morgan fingerprint density at radius 3 is 1.40 bits per heavy atom. The van der Waals surface area contributed by atoms with E-state index in [-0.39, 0.29) is 0 Å². The van der Waals surface area contributed by atoms with E-state index in [2.05, 4.69) is 194 Å². The van der Waals surface area contributed by atoms with Crippen LogP contribution in [-0.4, -0.2) is 0 Å². The summed E-state index contributed by atoms with van der Waals surface area (Å²) in [5, 5.41) is 12.2. The summed E-state index contributed by atoms with van der Waals surface area (Å²) >= 11 is 0. The Bertz CT molecular complexity index is 3150. The zero-order valence-corrected chi connectivity index (χ0v) is 28.9. The fourth-order valence-corrected chi connectivity index (χ4v) is 8.79. The van der Waals surface area contributed by atoms with Gasteiger partial charge in [-0.1, -0.05) is 182 Å². The van der Waals surface area contributed by atoms with Crippen molar-refractivity contribution in [2.24, 2.45) is 0 Å². The summed E-state index contributed by atoms with van der Waals surface area (Å²) in [5.41, 5.74) is 11.4. The molecule has 1 aromatic heterocycles. The summed E-state index contributed by atoms with van der Waals surface area (Å²) in [6.45, 7) is 0. The summed E-state index contributed by atoms with van der Waals surface area (Å²) < 4.78 is 6.75. The van der Waals surface area contributed by atoms with Crippen LogP contribution in [0.3, 0.4) is 0 Å². The van der Waals surface area contributed by atoms with E-state index in [1.807, 2.05) is 0 Å². The predicted molar refractivity (Wildman–Crippen MR) is 225 cm³/mol. The van der Waals surface area contributed by atoms with Gasteiger partial charge >= 0.3 is 0 Å². The van der Waals surface area contributed by atoms with Gasteiger partial charge in [-0.2, -0.15) is 0 Å². The Labute approximate surface area is 307 Å². The van der Waals surface area contributed by atoms with E-state index in [1.165, 1.54) is 76.5 Å². The molecule has 0 aliphatic carbocycles. The average Bonchev–Trinajstić information content (AvgIpc) is 3.63. The Kier molecular flexibility index (Phi) is 6.62. The van der Waals surface area contributed by atoms with E-state index >= 15 is 0 Å². The smallest absolute Gasteiger partial charge is 0.143 e. The third-order valence-corrected chi connectivity index (χ3v) is 11.1. The van der Waals surface area contributed by atoms with Crippen molar-refractivity contribution in [3.8, 4) is 44.5 Å². The summed E-state index contributed by atoms with van der Waals surface area (Å²) in [6, 6.07) is 70.4. The number of fused-ring (bicyclic) bond motifs is 8. The Morgan fingerprint density at radius 2 is 0.736 bits per heavy atom. The fourth-order valence-electron chi connectivity index (χ4n) is 8.79. The minimum absolute atomic E-state index is 0.898. The van der Waals surface area contributed by atoms with Gasteiger partial charge in [0, 0.05) is 16.3 Å². The minimum atomic E-state index is 0.898. The van der Waals surface area contributed by atoms with Crippen LogP contribution in [0.25, 0.3) is 110 Å². The fraction of sp³-hybridized carbons (Fsp3) is 0. The van der Waals surface area contributed by atoms with E-state index in [9.17, 15) is 0 Å². The second-order valence-electron chi connectivity index (χ2n) is 13.9. The zero-order chi connectivity index (χ0) is 34.9. The van der Waals surface area contributed by atoms with Gasteiger partial charge in [-0.3, -0.25) is 0 Å². The first-order valence-electron chi connectivity index (χ1n) is 18.3. The lowest BCUT2D eigenvalue weighted by Crippen LogP contribution is -1.93. The molecule has 0 fully saturated rings. The van der Waals surface area contributed by atoms with Crippen LogP contribution in [0.5, 0.6) is 0 Å². The van der Waals surface area contributed by atoms with Gasteiger partial charge in [0.05, 0.1) is 0 Å². The molecule has 11 rings (SSSR count). The molecule has 0 spiro atoms. The molecule has 11 aromatic rings. The zero-order valence-electron chi connectivity index (χ0n) is 28.9. The van der Waals surface area contributed by atoms with Crippen molar-refractivity contribution >= 4 is 65.0 Å². The highest BCUT2D eigenvalue weighted by molar-refractivity contribution is 6.29. The molecule has 0 unspecified atom stereocenters. The lowest BCUT2D eigenvalue weighted by Gasteiger charge is -2.21. The van der Waals surface area contributed by atoms with Crippen LogP contribution in [0.15, 0.2) is 199 Å². The van der Waals surface area contributed by atoms with Crippen molar-refractivity contribution < 1.29 is 4.42 Å². The molecule has 0 saturated carbocycles. The van der Waals surface area contributed by atoms with Gasteiger partial charge in [0.25, 0.3) is 0 Å². The van der Waals surface area contributed by atoms with E-state index in [0.717, 1.165) is 33.1 Å². The topological polar surface area (TPSA) is 13.1 Å². The Hall–Kier alpha value is -6.96. The largest absolute Gasteiger partial charge is 0.455 e. The second-order valence-corrected chi connectivity index (χ2v) is 13.9. The monoisotopic (exact) mass is 672 g/mol. The van der Waals surface area contributed by atoms with Crippen molar-refractivity contribution in [2.45, 2.75) is 0 Å². The van der Waals surface area contributed by atoms with Crippen LogP contribution in [-0.2, 0) is 0 Å². The molecule has 0 saturated heterocycles. The molecule has 1 nitrogen and oxygen atoms in total. The molecule has 0 radical (unpaired) electrons. The van der Waals surface area contributed by atoms with Gasteiger partial charge in [-0.25, -0.2) is 0 Å². The van der Waals surface area contributed by atoms with Crippen molar-refractivity contribution in [3.63, 3.8) is 0 Å². The van der Waals surface area contributed by atoms with Crippen molar-refractivity contribution in [2.75, 3.05) is 0 Å². The normalized spacial score (nSPS) is 11.8. The predicted octanol–water partition coefficient (Wildman–Crippen LogP) is 14.9. The number of furan rings is 1. The molecule has 0 aliphatic heterocycles. The maximum absolute atomic E-state index is 6.75. The van der Waals surface area contributed by atoms with Crippen LogP contribution in [0.2, 0.25) is 0 Å². The molecule has 10 aromatic carbocycles. The first-order chi connectivity index (χ1) is 26.3. The van der Waals surface area contributed by atoms with E-state index in [4.69, 9.17) is 4.42 Å². The molecule has 0 aliphatic rings. The Balaban J connectivity index is 1.27. The first-order valence-corrected chi connectivity index (χ1v) is 18.3. The molecule has 0 amide bonds. The Morgan fingerprint density at radius 1 is 0.264 bits per heavy atom. The molecule has 0 bridgehead atoms. The van der Waals surface area contributed by atoms with Gasteiger partial charge < -0.3 is 4.42 Å². The number of hydrogen-bond donors (Lipinski definition) is 0. The quantitative estimate of drug-likeness (QED) is 0.134.